The van der Waals surface area contributed by atoms with Gasteiger partial charge in [0.05, 0.1) is 12.2 Å². The van der Waals surface area contributed by atoms with Crippen molar-refractivity contribution in [2.75, 3.05) is 6.61 Å². The summed E-state index contributed by atoms with van der Waals surface area (Å²) in [5.41, 5.74) is 0.681. The lowest BCUT2D eigenvalue weighted by Crippen LogP contribution is -2.33. The Morgan fingerprint density at radius 1 is 1.21 bits per heavy atom. The summed E-state index contributed by atoms with van der Waals surface area (Å²) in [5.74, 6) is -0.888. The monoisotopic (exact) mass is 457 g/mol. The minimum atomic E-state index is -2.96. The van der Waals surface area contributed by atoms with Crippen LogP contribution in [0.2, 0.25) is 0 Å². The number of halogens is 4. The topological polar surface area (TPSA) is 38.8 Å². The molecule has 2 aromatic rings. The van der Waals surface area contributed by atoms with Crippen molar-refractivity contribution in [3.05, 3.63) is 57.8 Å². The first-order valence-corrected chi connectivity index (χ1v) is 9.65. The summed E-state index contributed by atoms with van der Waals surface area (Å²) in [6, 6.07) is 8.91. The summed E-state index contributed by atoms with van der Waals surface area (Å²) in [5, 5.41) is 0. The second-order valence-corrected chi connectivity index (χ2v) is 7.30. The number of hydrogen-bond donors (Lipinski definition) is 0. The van der Waals surface area contributed by atoms with Crippen molar-refractivity contribution in [1.82, 2.24) is 4.90 Å². The van der Waals surface area contributed by atoms with Gasteiger partial charge in [-0.25, -0.2) is 4.39 Å². The predicted molar refractivity (Wildman–Crippen MR) is 101 cm³/mol. The molecule has 0 radical (unpaired) electrons. The molecule has 0 atom stereocenters. The van der Waals surface area contributed by atoms with Crippen molar-refractivity contribution < 1.29 is 27.4 Å². The number of nitrogens with zero attached hydrogens (tertiary/aromatic N) is 1. The lowest BCUT2D eigenvalue weighted by molar-refractivity contribution is -0.0514. The first kappa shape index (κ1) is 20.5. The summed E-state index contributed by atoms with van der Waals surface area (Å²) >= 11 is 3.18. The molecule has 0 aliphatic heterocycles. The normalized spacial score (nSPS) is 13.5. The Hall–Kier alpha value is -2.22. The second-order valence-electron chi connectivity index (χ2n) is 6.38. The van der Waals surface area contributed by atoms with Crippen LogP contribution in [0.3, 0.4) is 0 Å². The molecule has 3 rings (SSSR count). The molecule has 0 bridgehead atoms. The standard InChI is InChI=1S/C20H19BrF3NO3/c1-2-27-18-9-12(3-8-17(18)28-20(23)24)11-25(14-5-6-14)19(26)15-7-4-13(21)10-16(15)22/h3-4,7-10,14,20H,2,5-6,11H2,1H3. The predicted octanol–water partition coefficient (Wildman–Crippen LogP) is 5.39. The van der Waals surface area contributed by atoms with E-state index in [4.69, 9.17) is 4.74 Å². The van der Waals surface area contributed by atoms with Crippen molar-refractivity contribution in [1.29, 1.82) is 0 Å². The van der Waals surface area contributed by atoms with Crippen LogP contribution in [0.25, 0.3) is 0 Å². The lowest BCUT2D eigenvalue weighted by Gasteiger charge is -2.23. The molecule has 1 aliphatic rings. The van der Waals surface area contributed by atoms with Crippen LogP contribution in [-0.4, -0.2) is 30.1 Å². The van der Waals surface area contributed by atoms with Crippen LogP contribution in [0.15, 0.2) is 40.9 Å². The van der Waals surface area contributed by atoms with Crippen molar-refractivity contribution in [2.24, 2.45) is 0 Å². The van der Waals surface area contributed by atoms with Crippen molar-refractivity contribution >= 4 is 21.8 Å². The van der Waals surface area contributed by atoms with Crippen LogP contribution in [0, 0.1) is 5.82 Å². The molecular formula is C20H19BrF3NO3. The van der Waals surface area contributed by atoms with Gasteiger partial charge in [0.1, 0.15) is 5.82 Å². The molecule has 2 aromatic carbocycles. The van der Waals surface area contributed by atoms with Crippen LogP contribution in [0.1, 0.15) is 35.7 Å². The Kier molecular flexibility index (Phi) is 6.49. The van der Waals surface area contributed by atoms with Gasteiger partial charge in [0, 0.05) is 17.1 Å². The molecule has 1 saturated carbocycles. The van der Waals surface area contributed by atoms with Gasteiger partial charge in [-0.2, -0.15) is 8.78 Å². The largest absolute Gasteiger partial charge is 0.490 e. The fraction of sp³-hybridized carbons (Fsp3) is 0.350. The average Bonchev–Trinajstić information content (AvgIpc) is 3.46. The number of benzene rings is 2. The molecule has 28 heavy (non-hydrogen) atoms. The minimum Gasteiger partial charge on any atom is -0.490 e. The van der Waals surface area contributed by atoms with Crippen molar-refractivity contribution in [3.63, 3.8) is 0 Å². The molecule has 1 fully saturated rings. The number of carbonyl (C=O) groups excluding carboxylic acids is 1. The SMILES string of the molecule is CCOc1cc(CN(C(=O)c2ccc(Br)cc2F)C2CC2)ccc1OC(F)F. The average molecular weight is 458 g/mol. The molecule has 8 heteroatoms. The Labute approximate surface area is 169 Å². The first-order chi connectivity index (χ1) is 13.4. The molecule has 4 nitrogen and oxygen atoms in total. The van der Waals surface area contributed by atoms with Crippen LogP contribution in [0.5, 0.6) is 11.5 Å². The fourth-order valence-corrected chi connectivity index (χ4v) is 3.21. The second kappa shape index (κ2) is 8.86. The molecule has 1 amide bonds. The third-order valence-corrected chi connectivity index (χ3v) is 4.78. The number of ether oxygens (including phenoxy) is 2. The van der Waals surface area contributed by atoms with Gasteiger partial charge in [-0.05, 0) is 55.7 Å². The molecule has 0 spiro atoms. The molecule has 0 unspecified atom stereocenters. The van der Waals surface area contributed by atoms with Gasteiger partial charge in [-0.1, -0.05) is 22.0 Å². The summed E-state index contributed by atoms with van der Waals surface area (Å²) in [6.07, 6.45) is 1.68. The van der Waals surface area contributed by atoms with Crippen LogP contribution < -0.4 is 9.47 Å². The van der Waals surface area contributed by atoms with E-state index in [1.807, 2.05) is 0 Å². The first-order valence-electron chi connectivity index (χ1n) is 8.85. The molecule has 0 saturated heterocycles. The van der Waals surface area contributed by atoms with Crippen LogP contribution in [0.4, 0.5) is 13.2 Å². The maximum atomic E-state index is 14.2. The highest BCUT2D eigenvalue weighted by molar-refractivity contribution is 9.10. The van der Waals surface area contributed by atoms with E-state index < -0.39 is 18.3 Å². The highest BCUT2D eigenvalue weighted by Crippen LogP contribution is 2.34. The van der Waals surface area contributed by atoms with E-state index >= 15 is 0 Å². The Morgan fingerprint density at radius 2 is 1.96 bits per heavy atom. The zero-order valence-electron chi connectivity index (χ0n) is 15.1. The van der Waals surface area contributed by atoms with E-state index in [9.17, 15) is 18.0 Å². The van der Waals surface area contributed by atoms with Gasteiger partial charge in [-0.15, -0.1) is 0 Å². The third-order valence-electron chi connectivity index (χ3n) is 4.29. The van der Waals surface area contributed by atoms with E-state index in [-0.39, 0.29) is 36.3 Å². The fourth-order valence-electron chi connectivity index (χ4n) is 2.88. The van der Waals surface area contributed by atoms with E-state index in [0.29, 0.717) is 10.0 Å². The van der Waals surface area contributed by atoms with Crippen molar-refractivity contribution in [3.8, 4) is 11.5 Å². The summed E-state index contributed by atoms with van der Waals surface area (Å²) in [7, 11) is 0. The molecule has 0 aromatic heterocycles. The van der Waals surface area contributed by atoms with Gasteiger partial charge in [0.25, 0.3) is 5.91 Å². The minimum absolute atomic E-state index is 0.00205. The molecular weight excluding hydrogens is 439 g/mol. The number of carbonyl (C=O) groups is 1. The lowest BCUT2D eigenvalue weighted by atomic mass is 10.1. The number of rotatable bonds is 8. The number of alkyl halides is 2. The van der Waals surface area contributed by atoms with Crippen LogP contribution in [-0.2, 0) is 6.54 Å². The van der Waals surface area contributed by atoms with E-state index in [1.54, 1.807) is 30.0 Å². The van der Waals surface area contributed by atoms with Gasteiger partial charge >= 0.3 is 6.61 Å². The zero-order valence-corrected chi connectivity index (χ0v) is 16.7. The van der Waals surface area contributed by atoms with Crippen LogP contribution >= 0.6 is 15.9 Å². The zero-order chi connectivity index (χ0) is 20.3. The highest BCUT2D eigenvalue weighted by Gasteiger charge is 2.34. The van der Waals surface area contributed by atoms with E-state index in [0.717, 1.165) is 12.8 Å². The Bertz CT molecular complexity index is 859. The molecule has 0 N–H and O–H groups in total. The summed E-state index contributed by atoms with van der Waals surface area (Å²) in [4.78, 5) is 14.5. The summed E-state index contributed by atoms with van der Waals surface area (Å²) < 4.78 is 49.8. The van der Waals surface area contributed by atoms with Gasteiger partial charge in [-0.3, -0.25) is 4.79 Å². The van der Waals surface area contributed by atoms with E-state index in [2.05, 4.69) is 20.7 Å². The third kappa shape index (κ3) is 4.98. The van der Waals surface area contributed by atoms with Crippen molar-refractivity contribution in [2.45, 2.75) is 39.0 Å². The Balaban J connectivity index is 1.84. The van der Waals surface area contributed by atoms with Gasteiger partial charge in [0.15, 0.2) is 11.5 Å². The molecule has 150 valence electrons. The molecule has 0 heterocycles. The quantitative estimate of drug-likeness (QED) is 0.533. The van der Waals surface area contributed by atoms with Gasteiger partial charge < -0.3 is 14.4 Å². The van der Waals surface area contributed by atoms with Gasteiger partial charge in [0.2, 0.25) is 0 Å². The van der Waals surface area contributed by atoms with E-state index in [1.165, 1.54) is 18.2 Å². The maximum Gasteiger partial charge on any atom is 0.387 e. The number of amides is 1. The Morgan fingerprint density at radius 3 is 2.57 bits per heavy atom. The smallest absolute Gasteiger partial charge is 0.387 e. The molecule has 1 aliphatic carbocycles. The maximum absolute atomic E-state index is 14.2. The highest BCUT2D eigenvalue weighted by atomic mass is 79.9. The number of hydrogen-bond acceptors (Lipinski definition) is 3. The summed E-state index contributed by atoms with van der Waals surface area (Å²) in [6.45, 7) is -0.739.